The van der Waals surface area contributed by atoms with Crippen molar-refractivity contribution < 1.29 is 9.84 Å². The summed E-state index contributed by atoms with van der Waals surface area (Å²) < 4.78 is 4.99. The summed E-state index contributed by atoms with van der Waals surface area (Å²) in [7, 11) is 1.63. The Morgan fingerprint density at radius 3 is 2.75 bits per heavy atom. The first-order valence-corrected chi connectivity index (χ1v) is 7.01. The maximum atomic E-state index is 10.2. The van der Waals surface area contributed by atoms with E-state index in [4.69, 9.17) is 4.74 Å². The lowest BCUT2D eigenvalue weighted by Crippen LogP contribution is -2.35. The van der Waals surface area contributed by atoms with Crippen LogP contribution in [-0.4, -0.2) is 47.5 Å². The zero-order chi connectivity index (χ0) is 15.0. The van der Waals surface area contributed by atoms with Crippen LogP contribution in [0.5, 0.6) is 0 Å². The molecule has 1 rings (SSSR count). The molecule has 1 unspecified atom stereocenters. The Labute approximate surface area is 121 Å². The Morgan fingerprint density at radius 1 is 1.35 bits per heavy atom. The highest BCUT2D eigenvalue weighted by Gasteiger charge is 2.19. The summed E-state index contributed by atoms with van der Waals surface area (Å²) in [6.07, 6.45) is 1.59. The maximum Gasteiger partial charge on any atom is 0.224 e. The third-order valence-corrected chi connectivity index (χ3v) is 2.88. The van der Waals surface area contributed by atoms with Crippen molar-refractivity contribution in [1.82, 2.24) is 9.97 Å². The molecule has 20 heavy (non-hydrogen) atoms. The fraction of sp³-hybridized carbons (Fsp3) is 0.714. The minimum atomic E-state index is -0.828. The second-order valence-electron chi connectivity index (χ2n) is 5.24. The lowest BCUT2D eigenvalue weighted by molar-refractivity contribution is 0.0357. The molecule has 3 N–H and O–H groups in total. The van der Waals surface area contributed by atoms with Crippen LogP contribution in [0.25, 0.3) is 0 Å². The molecule has 6 nitrogen and oxygen atoms in total. The van der Waals surface area contributed by atoms with Gasteiger partial charge in [0.05, 0.1) is 5.60 Å². The van der Waals surface area contributed by atoms with E-state index in [1.54, 1.807) is 14.0 Å². The second kappa shape index (κ2) is 8.01. The standard InChI is InChI=1S/C14H26N4O2/c1-5-7-15-13-17-11(2)9-12(18-13)16-10-14(3,19)6-8-20-4/h9,19H,5-8,10H2,1-4H3,(H2,15,16,17,18). The molecule has 1 aromatic rings. The molecule has 0 aliphatic rings. The van der Waals surface area contributed by atoms with E-state index in [-0.39, 0.29) is 0 Å². The number of aryl methyl sites for hydroxylation is 1. The minimum Gasteiger partial charge on any atom is -0.388 e. The first-order valence-electron chi connectivity index (χ1n) is 7.01. The molecule has 1 heterocycles. The van der Waals surface area contributed by atoms with E-state index in [9.17, 15) is 5.11 Å². The van der Waals surface area contributed by atoms with Crippen molar-refractivity contribution in [3.63, 3.8) is 0 Å². The van der Waals surface area contributed by atoms with E-state index in [1.807, 2.05) is 13.0 Å². The number of aromatic nitrogens is 2. The van der Waals surface area contributed by atoms with E-state index < -0.39 is 5.60 Å². The van der Waals surface area contributed by atoms with Gasteiger partial charge in [-0.05, 0) is 20.3 Å². The lowest BCUT2D eigenvalue weighted by Gasteiger charge is -2.23. The highest BCUT2D eigenvalue weighted by molar-refractivity contribution is 5.42. The van der Waals surface area contributed by atoms with Crippen molar-refractivity contribution in [2.24, 2.45) is 0 Å². The van der Waals surface area contributed by atoms with Crippen LogP contribution in [0, 0.1) is 6.92 Å². The van der Waals surface area contributed by atoms with E-state index >= 15 is 0 Å². The fourth-order valence-corrected chi connectivity index (χ4v) is 1.67. The van der Waals surface area contributed by atoms with Crippen LogP contribution < -0.4 is 10.6 Å². The van der Waals surface area contributed by atoms with Gasteiger partial charge in [-0.3, -0.25) is 0 Å². The van der Waals surface area contributed by atoms with E-state index in [2.05, 4.69) is 27.5 Å². The molecule has 0 spiro atoms. The quantitative estimate of drug-likeness (QED) is 0.641. The predicted octanol–water partition coefficient (Wildman–Crippen LogP) is 1.81. The minimum absolute atomic E-state index is 0.417. The van der Waals surface area contributed by atoms with Gasteiger partial charge in [0, 0.05) is 45.0 Å². The van der Waals surface area contributed by atoms with Crippen molar-refractivity contribution in [1.29, 1.82) is 0 Å². The number of hydrogen-bond donors (Lipinski definition) is 3. The van der Waals surface area contributed by atoms with Gasteiger partial charge in [-0.1, -0.05) is 6.92 Å². The van der Waals surface area contributed by atoms with Crippen LogP contribution in [0.3, 0.4) is 0 Å². The van der Waals surface area contributed by atoms with Crippen LogP contribution in [0.2, 0.25) is 0 Å². The lowest BCUT2D eigenvalue weighted by atomic mass is 10.0. The molecular formula is C14H26N4O2. The molecule has 1 aromatic heterocycles. The van der Waals surface area contributed by atoms with Crippen molar-refractivity contribution >= 4 is 11.8 Å². The monoisotopic (exact) mass is 282 g/mol. The van der Waals surface area contributed by atoms with Gasteiger partial charge in [0.15, 0.2) is 0 Å². The summed E-state index contributed by atoms with van der Waals surface area (Å²) >= 11 is 0. The largest absolute Gasteiger partial charge is 0.388 e. The smallest absolute Gasteiger partial charge is 0.224 e. The molecule has 114 valence electrons. The highest BCUT2D eigenvalue weighted by Crippen LogP contribution is 2.14. The summed E-state index contributed by atoms with van der Waals surface area (Å²) in [5, 5.41) is 16.5. The predicted molar refractivity (Wildman–Crippen MR) is 81.2 cm³/mol. The third kappa shape index (κ3) is 6.16. The molecule has 0 bridgehead atoms. The Kier molecular flexibility index (Phi) is 6.67. The summed E-state index contributed by atoms with van der Waals surface area (Å²) in [6.45, 7) is 7.58. The molecular weight excluding hydrogens is 256 g/mol. The summed E-state index contributed by atoms with van der Waals surface area (Å²) in [5.74, 6) is 1.33. The molecule has 0 fully saturated rings. The average molecular weight is 282 g/mol. The van der Waals surface area contributed by atoms with Gasteiger partial charge in [0.1, 0.15) is 5.82 Å². The first kappa shape index (κ1) is 16.7. The van der Waals surface area contributed by atoms with E-state index in [0.717, 1.165) is 18.7 Å². The highest BCUT2D eigenvalue weighted by atomic mass is 16.5. The van der Waals surface area contributed by atoms with Crippen molar-refractivity contribution in [3.05, 3.63) is 11.8 Å². The Morgan fingerprint density at radius 2 is 2.10 bits per heavy atom. The number of nitrogens with one attached hydrogen (secondary N) is 2. The molecule has 0 saturated carbocycles. The number of anilines is 2. The number of hydrogen-bond acceptors (Lipinski definition) is 6. The number of rotatable bonds is 9. The Hall–Kier alpha value is -1.40. The average Bonchev–Trinajstić information content (AvgIpc) is 2.40. The van der Waals surface area contributed by atoms with Crippen LogP contribution in [0.4, 0.5) is 11.8 Å². The topological polar surface area (TPSA) is 79.3 Å². The molecule has 0 aliphatic heterocycles. The van der Waals surface area contributed by atoms with E-state index in [0.29, 0.717) is 31.3 Å². The van der Waals surface area contributed by atoms with Gasteiger partial charge in [0.2, 0.25) is 5.95 Å². The van der Waals surface area contributed by atoms with Gasteiger partial charge < -0.3 is 20.5 Å². The zero-order valence-corrected chi connectivity index (χ0v) is 12.9. The molecule has 0 radical (unpaired) electrons. The molecule has 0 aliphatic carbocycles. The summed E-state index contributed by atoms with van der Waals surface area (Å²) in [6, 6.07) is 1.86. The van der Waals surface area contributed by atoms with Crippen molar-refractivity contribution in [2.45, 2.75) is 39.2 Å². The normalized spacial score (nSPS) is 13.8. The molecule has 0 aromatic carbocycles. The Bertz CT molecular complexity index is 410. The number of nitrogens with zero attached hydrogens (tertiary/aromatic N) is 2. The molecule has 6 heteroatoms. The van der Waals surface area contributed by atoms with Gasteiger partial charge >= 0.3 is 0 Å². The fourth-order valence-electron chi connectivity index (χ4n) is 1.67. The van der Waals surface area contributed by atoms with Gasteiger partial charge in [-0.15, -0.1) is 0 Å². The number of ether oxygens (including phenoxy) is 1. The number of aliphatic hydroxyl groups is 1. The van der Waals surface area contributed by atoms with Crippen LogP contribution >= 0.6 is 0 Å². The SMILES string of the molecule is CCCNc1nc(C)cc(NCC(C)(O)CCOC)n1. The van der Waals surface area contributed by atoms with Crippen LogP contribution in [0.15, 0.2) is 6.07 Å². The second-order valence-corrected chi connectivity index (χ2v) is 5.24. The molecule has 0 amide bonds. The van der Waals surface area contributed by atoms with Crippen LogP contribution in [0.1, 0.15) is 32.4 Å². The first-order chi connectivity index (χ1) is 9.46. The van der Waals surface area contributed by atoms with Gasteiger partial charge in [0.25, 0.3) is 0 Å². The van der Waals surface area contributed by atoms with Gasteiger partial charge in [-0.25, -0.2) is 4.98 Å². The van der Waals surface area contributed by atoms with Gasteiger partial charge in [-0.2, -0.15) is 4.98 Å². The summed E-state index contributed by atoms with van der Waals surface area (Å²) in [4.78, 5) is 8.70. The maximum absolute atomic E-state index is 10.2. The van der Waals surface area contributed by atoms with Crippen molar-refractivity contribution in [2.75, 3.05) is 37.4 Å². The molecule has 1 atom stereocenters. The van der Waals surface area contributed by atoms with Crippen LogP contribution in [-0.2, 0) is 4.74 Å². The number of methoxy groups -OCH3 is 1. The summed E-state index contributed by atoms with van der Waals surface area (Å²) in [5.41, 5.74) is 0.0592. The van der Waals surface area contributed by atoms with E-state index in [1.165, 1.54) is 0 Å². The third-order valence-electron chi connectivity index (χ3n) is 2.88. The van der Waals surface area contributed by atoms with Crippen molar-refractivity contribution in [3.8, 4) is 0 Å². The Balaban J connectivity index is 2.60. The molecule has 0 saturated heterocycles. The zero-order valence-electron chi connectivity index (χ0n) is 12.9.